The number of benzene rings is 1. The van der Waals surface area contributed by atoms with E-state index in [1.807, 2.05) is 31.2 Å². The number of carbonyl (C=O) groups excluding carboxylic acids is 1. The molecule has 1 aliphatic carbocycles. The van der Waals surface area contributed by atoms with Gasteiger partial charge in [-0.15, -0.1) is 0 Å². The molecule has 122 valence electrons. The lowest BCUT2D eigenvalue weighted by molar-refractivity contribution is -0.142. The molecule has 0 bridgehead atoms. The Labute approximate surface area is 140 Å². The van der Waals surface area contributed by atoms with Gasteiger partial charge < -0.3 is 14.8 Å². The molecule has 5 heteroatoms. The zero-order valence-corrected chi connectivity index (χ0v) is 14.8. The minimum Gasteiger partial charge on any atom is -0.493 e. The maximum absolute atomic E-state index is 12.6. The SMILES string of the molecule is CCCO[C@@](C)(C(=O)Nc1ccc(OCCBr)cc1)C1CC1. The van der Waals surface area contributed by atoms with Crippen LogP contribution < -0.4 is 10.1 Å². The van der Waals surface area contributed by atoms with Crippen molar-refractivity contribution in [2.75, 3.05) is 23.9 Å². The third-order valence-corrected chi connectivity index (χ3v) is 4.20. The molecule has 2 rings (SSSR count). The molecule has 1 N–H and O–H groups in total. The predicted molar refractivity (Wildman–Crippen MR) is 91.7 cm³/mol. The third kappa shape index (κ3) is 4.46. The molecule has 0 heterocycles. The molecule has 0 spiro atoms. The Morgan fingerprint density at radius 1 is 1.32 bits per heavy atom. The van der Waals surface area contributed by atoms with E-state index in [2.05, 4.69) is 28.2 Å². The molecular weight excluding hydrogens is 346 g/mol. The van der Waals surface area contributed by atoms with Gasteiger partial charge in [0.05, 0.1) is 6.61 Å². The van der Waals surface area contributed by atoms with Crippen molar-refractivity contribution in [1.29, 1.82) is 0 Å². The first-order valence-corrected chi connectivity index (χ1v) is 8.96. The number of anilines is 1. The van der Waals surface area contributed by atoms with E-state index in [4.69, 9.17) is 9.47 Å². The molecule has 1 fully saturated rings. The molecule has 1 aromatic carbocycles. The Morgan fingerprint density at radius 2 is 2.00 bits per heavy atom. The minimum atomic E-state index is -0.721. The summed E-state index contributed by atoms with van der Waals surface area (Å²) < 4.78 is 11.4. The van der Waals surface area contributed by atoms with E-state index in [1.54, 1.807) is 0 Å². The van der Waals surface area contributed by atoms with Gasteiger partial charge in [0.15, 0.2) is 0 Å². The van der Waals surface area contributed by atoms with E-state index in [1.165, 1.54) is 0 Å². The zero-order valence-electron chi connectivity index (χ0n) is 13.2. The second-order valence-electron chi connectivity index (χ2n) is 5.75. The monoisotopic (exact) mass is 369 g/mol. The van der Waals surface area contributed by atoms with Gasteiger partial charge in [-0.2, -0.15) is 0 Å². The van der Waals surface area contributed by atoms with Gasteiger partial charge in [0.25, 0.3) is 5.91 Å². The van der Waals surface area contributed by atoms with Crippen molar-refractivity contribution in [3.8, 4) is 5.75 Å². The molecule has 1 aliphatic rings. The Balaban J connectivity index is 1.97. The van der Waals surface area contributed by atoms with Crippen LogP contribution in [0, 0.1) is 5.92 Å². The maximum Gasteiger partial charge on any atom is 0.256 e. The Morgan fingerprint density at radius 3 is 2.55 bits per heavy atom. The van der Waals surface area contributed by atoms with Crippen LogP contribution in [0.1, 0.15) is 33.1 Å². The fraction of sp³-hybridized carbons (Fsp3) is 0.588. The number of ether oxygens (including phenoxy) is 2. The summed E-state index contributed by atoms with van der Waals surface area (Å²) in [6.07, 6.45) is 3.04. The minimum absolute atomic E-state index is 0.0578. The molecule has 0 aliphatic heterocycles. The van der Waals surface area contributed by atoms with Crippen LogP contribution in [0.15, 0.2) is 24.3 Å². The molecule has 4 nitrogen and oxygen atoms in total. The molecule has 1 amide bonds. The first kappa shape index (κ1) is 17.3. The Kier molecular flexibility index (Phi) is 6.26. The zero-order chi connectivity index (χ0) is 16.0. The lowest BCUT2D eigenvalue weighted by Gasteiger charge is -2.28. The van der Waals surface area contributed by atoms with E-state index in [9.17, 15) is 4.79 Å². The van der Waals surface area contributed by atoms with Crippen LogP contribution in [-0.4, -0.2) is 30.1 Å². The number of nitrogens with one attached hydrogen (secondary N) is 1. The fourth-order valence-electron chi connectivity index (χ4n) is 2.36. The number of carbonyl (C=O) groups is 1. The highest BCUT2D eigenvalue weighted by atomic mass is 79.9. The fourth-order valence-corrected chi connectivity index (χ4v) is 2.53. The first-order chi connectivity index (χ1) is 10.6. The molecule has 1 atom stereocenters. The van der Waals surface area contributed by atoms with E-state index in [-0.39, 0.29) is 5.91 Å². The number of alkyl halides is 1. The number of rotatable bonds is 9. The number of amides is 1. The molecule has 1 aromatic rings. The van der Waals surface area contributed by atoms with Gasteiger partial charge in [0.2, 0.25) is 0 Å². The van der Waals surface area contributed by atoms with Crippen molar-refractivity contribution < 1.29 is 14.3 Å². The maximum atomic E-state index is 12.6. The molecule has 0 unspecified atom stereocenters. The highest BCUT2D eigenvalue weighted by Crippen LogP contribution is 2.42. The third-order valence-electron chi connectivity index (χ3n) is 3.87. The summed E-state index contributed by atoms with van der Waals surface area (Å²) in [6.45, 7) is 5.19. The van der Waals surface area contributed by atoms with E-state index in [0.29, 0.717) is 19.1 Å². The van der Waals surface area contributed by atoms with Gasteiger partial charge in [-0.1, -0.05) is 22.9 Å². The van der Waals surface area contributed by atoms with Crippen molar-refractivity contribution in [3.63, 3.8) is 0 Å². The summed E-state index contributed by atoms with van der Waals surface area (Å²) >= 11 is 3.32. The molecule has 22 heavy (non-hydrogen) atoms. The quantitative estimate of drug-likeness (QED) is 0.669. The average Bonchev–Trinajstić information content (AvgIpc) is 3.37. The molecule has 0 saturated heterocycles. The van der Waals surface area contributed by atoms with E-state index >= 15 is 0 Å². The van der Waals surface area contributed by atoms with Gasteiger partial charge in [-0.25, -0.2) is 0 Å². The van der Waals surface area contributed by atoms with Gasteiger partial charge in [-0.3, -0.25) is 4.79 Å². The lowest BCUT2D eigenvalue weighted by atomic mass is 9.98. The molecule has 0 radical (unpaired) electrons. The van der Waals surface area contributed by atoms with Crippen molar-refractivity contribution in [3.05, 3.63) is 24.3 Å². The van der Waals surface area contributed by atoms with Gasteiger partial charge >= 0.3 is 0 Å². The van der Waals surface area contributed by atoms with Crippen molar-refractivity contribution in [2.45, 2.75) is 38.7 Å². The highest BCUT2D eigenvalue weighted by molar-refractivity contribution is 9.09. The number of hydrogen-bond donors (Lipinski definition) is 1. The lowest BCUT2D eigenvalue weighted by Crippen LogP contribution is -2.45. The molecule has 0 aromatic heterocycles. The molecular formula is C17H24BrNO3. The van der Waals surface area contributed by atoms with Gasteiger partial charge in [0, 0.05) is 17.6 Å². The topological polar surface area (TPSA) is 47.6 Å². The average molecular weight is 370 g/mol. The summed E-state index contributed by atoms with van der Waals surface area (Å²) in [5.74, 6) is 1.07. The normalized spacial score (nSPS) is 16.9. The largest absolute Gasteiger partial charge is 0.493 e. The molecule has 1 saturated carbocycles. The van der Waals surface area contributed by atoms with Crippen LogP contribution in [0.4, 0.5) is 5.69 Å². The van der Waals surface area contributed by atoms with Crippen molar-refractivity contribution in [2.24, 2.45) is 5.92 Å². The second kappa shape index (κ2) is 7.97. The summed E-state index contributed by atoms with van der Waals surface area (Å²) in [6, 6.07) is 7.43. The smallest absolute Gasteiger partial charge is 0.256 e. The summed E-state index contributed by atoms with van der Waals surface area (Å²) in [5, 5.41) is 3.76. The van der Waals surface area contributed by atoms with Crippen molar-refractivity contribution in [1.82, 2.24) is 0 Å². The predicted octanol–water partition coefficient (Wildman–Crippen LogP) is 3.99. The standard InChI is InChI=1S/C17H24BrNO3/c1-3-11-22-17(2,13-4-5-13)16(20)19-14-6-8-15(9-7-14)21-12-10-18/h6-9,13H,3-5,10-12H2,1-2H3,(H,19,20)/t17-/m1/s1. The summed E-state index contributed by atoms with van der Waals surface area (Å²) in [4.78, 5) is 12.6. The van der Waals surface area contributed by atoms with Gasteiger partial charge in [0.1, 0.15) is 11.4 Å². The van der Waals surface area contributed by atoms with Crippen LogP contribution >= 0.6 is 15.9 Å². The van der Waals surface area contributed by atoms with Crippen LogP contribution in [0.3, 0.4) is 0 Å². The highest BCUT2D eigenvalue weighted by Gasteiger charge is 2.48. The Hall–Kier alpha value is -1.07. The summed E-state index contributed by atoms with van der Waals surface area (Å²) in [7, 11) is 0. The Bertz CT molecular complexity index is 487. The van der Waals surface area contributed by atoms with E-state index in [0.717, 1.165) is 36.0 Å². The number of hydrogen-bond acceptors (Lipinski definition) is 3. The van der Waals surface area contributed by atoms with Crippen LogP contribution in [0.25, 0.3) is 0 Å². The van der Waals surface area contributed by atoms with Crippen molar-refractivity contribution >= 4 is 27.5 Å². The van der Waals surface area contributed by atoms with Crippen LogP contribution in [0.2, 0.25) is 0 Å². The van der Waals surface area contributed by atoms with Crippen LogP contribution in [0.5, 0.6) is 5.75 Å². The van der Waals surface area contributed by atoms with Gasteiger partial charge in [-0.05, 0) is 56.4 Å². The van der Waals surface area contributed by atoms with Crippen LogP contribution in [-0.2, 0) is 9.53 Å². The second-order valence-corrected chi connectivity index (χ2v) is 6.54. The summed E-state index contributed by atoms with van der Waals surface area (Å²) in [5.41, 5.74) is 0.0457. The van der Waals surface area contributed by atoms with E-state index < -0.39 is 5.60 Å². The first-order valence-electron chi connectivity index (χ1n) is 7.84. The number of halogens is 1.